The van der Waals surface area contributed by atoms with Gasteiger partial charge in [-0.3, -0.25) is 4.79 Å². The average molecular weight is 268 g/mol. The van der Waals surface area contributed by atoms with Crippen LogP contribution in [-0.2, 0) is 9.53 Å². The lowest BCUT2D eigenvalue weighted by atomic mass is 9.78. The normalized spacial score (nSPS) is 25.8. The molecule has 0 aromatic carbocycles. The molecule has 19 heavy (non-hydrogen) atoms. The van der Waals surface area contributed by atoms with E-state index >= 15 is 0 Å². The largest absolute Gasteiger partial charge is 0.381 e. The summed E-state index contributed by atoms with van der Waals surface area (Å²) < 4.78 is 5.36. The van der Waals surface area contributed by atoms with Gasteiger partial charge in [-0.25, -0.2) is 0 Å². The molecule has 0 spiro atoms. The molecule has 1 heterocycles. The van der Waals surface area contributed by atoms with Crippen LogP contribution >= 0.6 is 0 Å². The Morgan fingerprint density at radius 3 is 2.53 bits per heavy atom. The Morgan fingerprint density at radius 1 is 1.32 bits per heavy atom. The molecule has 1 atom stereocenters. The van der Waals surface area contributed by atoms with Gasteiger partial charge in [0.25, 0.3) is 0 Å². The highest BCUT2D eigenvalue weighted by Crippen LogP contribution is 2.31. The number of hydrogen-bond acceptors (Lipinski definition) is 3. The summed E-state index contributed by atoms with van der Waals surface area (Å²) in [5.74, 6) is 0.795. The van der Waals surface area contributed by atoms with Crippen LogP contribution in [0.1, 0.15) is 51.9 Å². The summed E-state index contributed by atoms with van der Waals surface area (Å²) >= 11 is 0. The van der Waals surface area contributed by atoms with E-state index in [-0.39, 0.29) is 17.4 Å². The monoisotopic (exact) mass is 268 g/mol. The Labute approximate surface area is 116 Å². The maximum absolute atomic E-state index is 12.6. The Hall–Kier alpha value is -0.610. The molecule has 110 valence electrons. The lowest BCUT2D eigenvalue weighted by molar-refractivity contribution is -0.137. The summed E-state index contributed by atoms with van der Waals surface area (Å²) in [4.78, 5) is 12.6. The second-order valence-corrected chi connectivity index (χ2v) is 6.26. The zero-order valence-electron chi connectivity index (χ0n) is 12.1. The summed E-state index contributed by atoms with van der Waals surface area (Å²) in [6.45, 7) is 3.89. The van der Waals surface area contributed by atoms with Crippen molar-refractivity contribution >= 4 is 5.91 Å². The highest BCUT2D eigenvalue weighted by molar-refractivity contribution is 5.83. The first-order chi connectivity index (χ1) is 9.18. The second kappa shape index (κ2) is 6.71. The van der Waals surface area contributed by atoms with Gasteiger partial charge in [-0.05, 0) is 38.5 Å². The van der Waals surface area contributed by atoms with Crippen molar-refractivity contribution in [2.45, 2.75) is 57.9 Å². The summed E-state index contributed by atoms with van der Waals surface area (Å²) in [6.07, 6.45) is 7.97. The van der Waals surface area contributed by atoms with Crippen LogP contribution < -0.4 is 11.1 Å². The third-order valence-corrected chi connectivity index (χ3v) is 5.04. The first kappa shape index (κ1) is 14.8. The van der Waals surface area contributed by atoms with Crippen LogP contribution in [0.2, 0.25) is 0 Å². The Kier molecular flexibility index (Phi) is 5.22. The number of carbonyl (C=O) groups is 1. The average Bonchev–Trinajstić information content (AvgIpc) is 2.48. The molecule has 0 unspecified atom stereocenters. The fourth-order valence-electron chi connectivity index (χ4n) is 3.40. The standard InChI is InChI=1S/C15H28N2O2/c1-12(13-5-3-2-4-6-13)17-14(18)15(11-16)7-9-19-10-8-15/h12-13H,2-11,16H2,1H3,(H,17,18)/t12-/m0/s1. The number of rotatable bonds is 4. The van der Waals surface area contributed by atoms with Crippen molar-refractivity contribution in [3.63, 3.8) is 0 Å². The molecule has 2 fully saturated rings. The second-order valence-electron chi connectivity index (χ2n) is 6.26. The van der Waals surface area contributed by atoms with Crippen LogP contribution in [0, 0.1) is 11.3 Å². The number of hydrogen-bond donors (Lipinski definition) is 2. The minimum absolute atomic E-state index is 0.149. The number of nitrogens with one attached hydrogen (secondary N) is 1. The number of nitrogens with two attached hydrogens (primary N) is 1. The summed E-state index contributed by atoms with van der Waals surface area (Å²) in [5, 5.41) is 3.24. The van der Waals surface area contributed by atoms with Crippen LogP contribution in [0.15, 0.2) is 0 Å². The topological polar surface area (TPSA) is 64.4 Å². The smallest absolute Gasteiger partial charge is 0.227 e. The van der Waals surface area contributed by atoms with Crippen LogP contribution in [0.25, 0.3) is 0 Å². The molecule has 1 saturated heterocycles. The predicted octanol–water partition coefficient (Wildman–Crippen LogP) is 1.83. The van der Waals surface area contributed by atoms with Crippen molar-refractivity contribution in [1.29, 1.82) is 0 Å². The van der Waals surface area contributed by atoms with E-state index < -0.39 is 0 Å². The van der Waals surface area contributed by atoms with Gasteiger partial charge in [0.2, 0.25) is 5.91 Å². The van der Waals surface area contributed by atoms with Crippen molar-refractivity contribution in [3.8, 4) is 0 Å². The highest BCUT2D eigenvalue weighted by Gasteiger charge is 2.39. The minimum atomic E-state index is -0.388. The van der Waals surface area contributed by atoms with Crippen LogP contribution in [0.3, 0.4) is 0 Å². The zero-order valence-corrected chi connectivity index (χ0v) is 12.1. The Morgan fingerprint density at radius 2 is 1.95 bits per heavy atom. The van der Waals surface area contributed by atoms with E-state index in [2.05, 4.69) is 12.2 Å². The number of carbonyl (C=O) groups excluding carboxylic acids is 1. The van der Waals surface area contributed by atoms with Crippen LogP contribution in [0.4, 0.5) is 0 Å². The van der Waals surface area contributed by atoms with Crippen molar-refractivity contribution in [3.05, 3.63) is 0 Å². The molecule has 0 aromatic rings. The van der Waals surface area contributed by atoms with E-state index in [1.807, 2.05) is 0 Å². The van der Waals surface area contributed by atoms with Gasteiger partial charge >= 0.3 is 0 Å². The fourth-order valence-corrected chi connectivity index (χ4v) is 3.40. The molecular weight excluding hydrogens is 240 g/mol. The molecular formula is C15H28N2O2. The van der Waals surface area contributed by atoms with Crippen LogP contribution in [-0.4, -0.2) is 31.7 Å². The fraction of sp³-hybridized carbons (Fsp3) is 0.933. The third kappa shape index (κ3) is 3.48. The van der Waals surface area contributed by atoms with Gasteiger partial charge < -0.3 is 15.8 Å². The van der Waals surface area contributed by atoms with Crippen molar-refractivity contribution < 1.29 is 9.53 Å². The van der Waals surface area contributed by atoms with E-state index in [0.29, 0.717) is 25.7 Å². The quantitative estimate of drug-likeness (QED) is 0.817. The maximum atomic E-state index is 12.6. The summed E-state index contributed by atoms with van der Waals surface area (Å²) in [5.41, 5.74) is 5.49. The van der Waals surface area contributed by atoms with Gasteiger partial charge in [-0.15, -0.1) is 0 Å². The van der Waals surface area contributed by atoms with Crippen LogP contribution in [0.5, 0.6) is 0 Å². The number of amides is 1. The molecule has 0 aromatic heterocycles. The highest BCUT2D eigenvalue weighted by atomic mass is 16.5. The molecule has 2 aliphatic rings. The Bertz CT molecular complexity index is 295. The predicted molar refractivity (Wildman–Crippen MR) is 75.7 cm³/mol. The van der Waals surface area contributed by atoms with Gasteiger partial charge in [0, 0.05) is 25.8 Å². The molecule has 4 nitrogen and oxygen atoms in total. The molecule has 3 N–H and O–H groups in total. The number of ether oxygens (including phenoxy) is 1. The molecule has 1 saturated carbocycles. The first-order valence-corrected chi connectivity index (χ1v) is 7.77. The lowest BCUT2D eigenvalue weighted by Crippen LogP contribution is -2.52. The Balaban J connectivity index is 1.90. The molecule has 1 aliphatic carbocycles. The van der Waals surface area contributed by atoms with E-state index in [1.54, 1.807) is 0 Å². The molecule has 2 rings (SSSR count). The van der Waals surface area contributed by atoms with Gasteiger partial charge in [-0.2, -0.15) is 0 Å². The van der Waals surface area contributed by atoms with Crippen molar-refractivity contribution in [2.24, 2.45) is 17.1 Å². The summed E-state index contributed by atoms with van der Waals surface area (Å²) in [6, 6.07) is 0.277. The van der Waals surface area contributed by atoms with Gasteiger partial charge in [-0.1, -0.05) is 19.3 Å². The molecule has 1 amide bonds. The molecule has 1 aliphatic heterocycles. The minimum Gasteiger partial charge on any atom is -0.381 e. The zero-order chi connectivity index (χ0) is 13.7. The van der Waals surface area contributed by atoms with E-state index in [9.17, 15) is 4.79 Å². The SMILES string of the molecule is C[C@H](NC(=O)C1(CN)CCOCC1)C1CCCCC1. The molecule has 0 radical (unpaired) electrons. The molecule has 4 heteroatoms. The van der Waals surface area contributed by atoms with Gasteiger partial charge in [0.15, 0.2) is 0 Å². The third-order valence-electron chi connectivity index (χ3n) is 5.04. The van der Waals surface area contributed by atoms with E-state index in [0.717, 1.165) is 12.8 Å². The first-order valence-electron chi connectivity index (χ1n) is 7.77. The maximum Gasteiger partial charge on any atom is 0.227 e. The lowest BCUT2D eigenvalue weighted by Gasteiger charge is -2.37. The summed E-state index contributed by atoms with van der Waals surface area (Å²) in [7, 11) is 0. The van der Waals surface area contributed by atoms with Gasteiger partial charge in [0.1, 0.15) is 0 Å². The molecule has 0 bridgehead atoms. The van der Waals surface area contributed by atoms with Crippen molar-refractivity contribution in [2.75, 3.05) is 19.8 Å². The van der Waals surface area contributed by atoms with E-state index in [4.69, 9.17) is 10.5 Å². The van der Waals surface area contributed by atoms with Gasteiger partial charge in [0.05, 0.1) is 5.41 Å². The van der Waals surface area contributed by atoms with E-state index in [1.165, 1.54) is 32.1 Å². The van der Waals surface area contributed by atoms with Crippen molar-refractivity contribution in [1.82, 2.24) is 5.32 Å².